The third kappa shape index (κ3) is 3.42. The van der Waals surface area contributed by atoms with Crippen molar-refractivity contribution in [3.63, 3.8) is 0 Å². The van der Waals surface area contributed by atoms with E-state index in [1.807, 2.05) is 0 Å². The monoisotopic (exact) mass is 418 g/mol. The smallest absolute Gasteiger partial charge is 0.325 e. The highest BCUT2D eigenvalue weighted by molar-refractivity contribution is 6.06. The van der Waals surface area contributed by atoms with Crippen molar-refractivity contribution in [3.05, 3.63) is 83.2 Å². The summed E-state index contributed by atoms with van der Waals surface area (Å²) < 4.78 is 65.4. The summed E-state index contributed by atoms with van der Waals surface area (Å²) in [5, 5.41) is 2.75. The van der Waals surface area contributed by atoms with Crippen molar-refractivity contribution in [3.8, 4) is 11.1 Å². The summed E-state index contributed by atoms with van der Waals surface area (Å²) in [6.45, 7) is 1.68. The topological polar surface area (TPSA) is 42.0 Å². The van der Waals surface area contributed by atoms with Crippen molar-refractivity contribution in [2.45, 2.75) is 24.9 Å². The second-order valence-corrected chi connectivity index (χ2v) is 7.40. The van der Waals surface area contributed by atoms with Crippen LogP contribution in [0.1, 0.15) is 23.7 Å². The van der Waals surface area contributed by atoms with E-state index >= 15 is 0 Å². The third-order valence-electron chi connectivity index (χ3n) is 5.28. The molecule has 0 radical (unpaired) electrons. The first-order chi connectivity index (χ1) is 14.1. The number of halogens is 5. The summed E-state index contributed by atoms with van der Waals surface area (Å²) in [5.41, 5.74) is 0.209. The first-order valence-electron chi connectivity index (χ1n) is 9.01. The lowest BCUT2D eigenvalue weighted by atomic mass is 9.78. The second kappa shape index (κ2) is 6.90. The number of carbonyl (C=O) groups is 1. The van der Waals surface area contributed by atoms with Crippen LogP contribution in [0.25, 0.3) is 11.1 Å². The van der Waals surface area contributed by atoms with Gasteiger partial charge in [0.25, 0.3) is 0 Å². The minimum atomic E-state index is -4.54. The van der Waals surface area contributed by atoms with Gasteiger partial charge in [0.15, 0.2) is 0 Å². The number of aromatic nitrogens is 1. The van der Waals surface area contributed by atoms with Gasteiger partial charge in [0, 0.05) is 23.5 Å². The first kappa shape index (κ1) is 20.0. The van der Waals surface area contributed by atoms with Gasteiger partial charge in [0.1, 0.15) is 17.3 Å². The van der Waals surface area contributed by atoms with Crippen LogP contribution >= 0.6 is 0 Å². The molecule has 1 N–H and O–H groups in total. The molecule has 0 saturated carbocycles. The Labute approximate surface area is 168 Å². The first-order valence-corrected chi connectivity index (χ1v) is 9.01. The van der Waals surface area contributed by atoms with E-state index in [1.54, 1.807) is 25.1 Å². The minimum Gasteiger partial charge on any atom is -0.325 e. The fraction of sp³-hybridized carbons (Fsp3) is 0.182. The minimum absolute atomic E-state index is 0.140. The Morgan fingerprint density at radius 1 is 1.03 bits per heavy atom. The van der Waals surface area contributed by atoms with Gasteiger partial charge in [-0.05, 0) is 54.3 Å². The maximum absolute atomic E-state index is 14.1. The molecule has 2 aromatic carbocycles. The van der Waals surface area contributed by atoms with Crippen LogP contribution in [-0.4, -0.2) is 10.9 Å². The number of nitrogens with zero attached hydrogens (tertiary/aromatic N) is 1. The molecule has 30 heavy (non-hydrogen) atoms. The molecule has 3 nitrogen and oxygen atoms in total. The Morgan fingerprint density at radius 3 is 2.43 bits per heavy atom. The highest BCUT2D eigenvalue weighted by atomic mass is 19.4. The van der Waals surface area contributed by atoms with E-state index in [0.717, 1.165) is 24.4 Å². The maximum atomic E-state index is 14.1. The summed E-state index contributed by atoms with van der Waals surface area (Å²) in [4.78, 5) is 16.2. The van der Waals surface area contributed by atoms with Crippen molar-refractivity contribution in [2.75, 3.05) is 5.32 Å². The summed E-state index contributed by atoms with van der Waals surface area (Å²) in [7, 11) is 0. The van der Waals surface area contributed by atoms with Crippen LogP contribution in [0, 0.1) is 11.6 Å². The number of benzene rings is 2. The molecule has 0 saturated heterocycles. The zero-order valence-corrected chi connectivity index (χ0v) is 15.6. The summed E-state index contributed by atoms with van der Waals surface area (Å²) in [6.07, 6.45) is -3.28. The third-order valence-corrected chi connectivity index (χ3v) is 5.28. The van der Waals surface area contributed by atoms with Gasteiger partial charge in [-0.1, -0.05) is 18.2 Å². The SMILES string of the molecule is CC1(Cc2ccc(C(F)(F)F)nc2)C(=O)Nc2cc(-c3ccc(F)cc3F)ccc21. The molecule has 4 rings (SSSR count). The van der Waals surface area contributed by atoms with Crippen LogP contribution in [0.4, 0.5) is 27.6 Å². The molecule has 1 amide bonds. The van der Waals surface area contributed by atoms with Crippen molar-refractivity contribution in [1.82, 2.24) is 4.98 Å². The highest BCUT2D eigenvalue weighted by Crippen LogP contribution is 2.42. The van der Waals surface area contributed by atoms with Crippen molar-refractivity contribution >= 4 is 11.6 Å². The molecule has 8 heteroatoms. The number of amides is 1. The van der Waals surface area contributed by atoms with Gasteiger partial charge in [-0.25, -0.2) is 8.78 Å². The van der Waals surface area contributed by atoms with Gasteiger partial charge in [-0.2, -0.15) is 13.2 Å². The largest absolute Gasteiger partial charge is 0.433 e. The molecule has 0 fully saturated rings. The number of anilines is 1. The van der Waals surface area contributed by atoms with Crippen LogP contribution in [-0.2, 0) is 22.8 Å². The number of pyridine rings is 1. The van der Waals surface area contributed by atoms with Gasteiger partial charge in [0.2, 0.25) is 5.91 Å². The van der Waals surface area contributed by atoms with Crippen LogP contribution < -0.4 is 5.32 Å². The van der Waals surface area contributed by atoms with Gasteiger partial charge < -0.3 is 5.32 Å². The Hall–Kier alpha value is -3.29. The Bertz CT molecular complexity index is 1140. The maximum Gasteiger partial charge on any atom is 0.433 e. The number of hydrogen-bond acceptors (Lipinski definition) is 2. The Kier molecular flexibility index (Phi) is 4.60. The molecule has 0 spiro atoms. The fourth-order valence-corrected chi connectivity index (χ4v) is 3.68. The number of carbonyl (C=O) groups excluding carboxylic acids is 1. The highest BCUT2D eigenvalue weighted by Gasteiger charge is 2.43. The molecular weight excluding hydrogens is 403 g/mol. The standard InChI is InChI=1S/C22H15F5N2O/c1-21(10-12-2-7-19(28-11-12)22(25,26)27)16-6-3-13(8-18(16)29-20(21)30)15-5-4-14(23)9-17(15)24/h2-9,11H,10H2,1H3,(H,29,30). The summed E-state index contributed by atoms with van der Waals surface area (Å²) in [5.74, 6) is -1.74. The van der Waals surface area contributed by atoms with E-state index < -0.39 is 28.9 Å². The molecule has 0 bridgehead atoms. The lowest BCUT2D eigenvalue weighted by molar-refractivity contribution is -0.141. The van der Waals surface area contributed by atoms with E-state index in [1.165, 1.54) is 12.1 Å². The van der Waals surface area contributed by atoms with Crippen LogP contribution in [0.3, 0.4) is 0 Å². The average molecular weight is 418 g/mol. The number of fused-ring (bicyclic) bond motifs is 1. The molecular formula is C22H15F5N2O. The fourth-order valence-electron chi connectivity index (χ4n) is 3.68. The molecule has 1 aromatic heterocycles. The Morgan fingerprint density at radius 2 is 1.80 bits per heavy atom. The quantitative estimate of drug-likeness (QED) is 0.571. The molecule has 3 aromatic rings. The number of alkyl halides is 3. The van der Waals surface area contributed by atoms with E-state index in [-0.39, 0.29) is 17.9 Å². The van der Waals surface area contributed by atoms with Gasteiger partial charge in [-0.3, -0.25) is 9.78 Å². The number of hydrogen-bond donors (Lipinski definition) is 1. The number of nitrogens with one attached hydrogen (secondary N) is 1. The van der Waals surface area contributed by atoms with E-state index in [4.69, 9.17) is 0 Å². The van der Waals surface area contributed by atoms with Crippen LogP contribution in [0.2, 0.25) is 0 Å². The molecule has 1 atom stereocenters. The summed E-state index contributed by atoms with van der Waals surface area (Å²) in [6, 6.07) is 10.3. The average Bonchev–Trinajstić information content (AvgIpc) is 2.91. The van der Waals surface area contributed by atoms with Gasteiger partial charge in [-0.15, -0.1) is 0 Å². The van der Waals surface area contributed by atoms with Crippen LogP contribution in [0.15, 0.2) is 54.7 Å². The van der Waals surface area contributed by atoms with E-state index in [0.29, 0.717) is 22.4 Å². The van der Waals surface area contributed by atoms with Gasteiger partial charge in [0.05, 0.1) is 5.41 Å². The van der Waals surface area contributed by atoms with Crippen LogP contribution in [0.5, 0.6) is 0 Å². The number of rotatable bonds is 3. The van der Waals surface area contributed by atoms with Crippen molar-refractivity contribution < 1.29 is 26.7 Å². The molecule has 154 valence electrons. The predicted molar refractivity (Wildman–Crippen MR) is 101 cm³/mol. The molecule has 2 heterocycles. The summed E-state index contributed by atoms with van der Waals surface area (Å²) >= 11 is 0. The van der Waals surface area contributed by atoms with E-state index in [9.17, 15) is 26.7 Å². The predicted octanol–water partition coefficient (Wildman–Crippen LogP) is 5.50. The van der Waals surface area contributed by atoms with Crippen molar-refractivity contribution in [1.29, 1.82) is 0 Å². The lowest BCUT2D eigenvalue weighted by Crippen LogP contribution is -2.33. The lowest BCUT2D eigenvalue weighted by Gasteiger charge is -2.22. The molecule has 1 aliphatic heterocycles. The zero-order chi connectivity index (χ0) is 21.7. The Balaban J connectivity index is 1.66. The molecule has 1 aliphatic rings. The molecule has 1 unspecified atom stereocenters. The van der Waals surface area contributed by atoms with Crippen molar-refractivity contribution in [2.24, 2.45) is 0 Å². The van der Waals surface area contributed by atoms with E-state index in [2.05, 4.69) is 10.3 Å². The molecule has 0 aliphatic carbocycles. The van der Waals surface area contributed by atoms with Gasteiger partial charge >= 0.3 is 6.18 Å². The zero-order valence-electron chi connectivity index (χ0n) is 15.6. The second-order valence-electron chi connectivity index (χ2n) is 7.40. The normalized spacial score (nSPS) is 18.3.